The third kappa shape index (κ3) is 15.0. The van der Waals surface area contributed by atoms with E-state index in [1.807, 2.05) is 57.9 Å². The summed E-state index contributed by atoms with van der Waals surface area (Å²) in [6.07, 6.45) is -21.9. The number of amides is 8. The molecule has 1 atom stereocenters. The van der Waals surface area contributed by atoms with E-state index in [-0.39, 0.29) is 41.1 Å². The predicted molar refractivity (Wildman–Crippen MR) is 382 cm³/mol. The zero-order chi connectivity index (χ0) is 79.8. The van der Waals surface area contributed by atoms with Gasteiger partial charge >= 0.3 is 41.8 Å². The van der Waals surface area contributed by atoms with Crippen LogP contribution in [0.3, 0.4) is 0 Å². The molecule has 8 amide bonds. The van der Waals surface area contributed by atoms with Gasteiger partial charge in [0, 0.05) is 32.8 Å². The number of hydrogen-bond acceptors (Lipinski definition) is 13. The summed E-state index contributed by atoms with van der Waals surface area (Å²) >= 11 is 0. The molecule has 0 saturated carbocycles. The predicted octanol–water partition coefficient (Wildman–Crippen LogP) is 18.1. The van der Waals surface area contributed by atoms with E-state index in [4.69, 9.17) is 21.8 Å². The standard InChI is InChI=1S/C39H24F6N2O6.C36H48F6N2O7Si4/c1-21-6-3-8-25(16-21)52-27-10-5-11-28(20-27)53-26-9-4-7-24(19-26)47-35(50)30-15-13-23(18-32(30)36(47)51)37(38(40,41)42,39(43,44)45)22-12-14-29-31(17-22)34(49)46(2)33(29)48;1-11-13-20-53(6,7)50-55(10,12-2)51-54(8,9)49-52(4,5)21-14-19-44-32(47)27-18-16-25(23-29(27)33(44)48)34(35(37,38)39,36(40,41)42)24-15-17-26-28(22-24)31(46)43(3)30(26)45/h3-20H,1-2H3;12,15-18,22-23H,2,11,13-14,19-21H2,1,3-10H3. The number of alkyl halides is 12. The Morgan fingerprint density at radius 3 is 1.17 bits per heavy atom. The third-order valence-electron chi connectivity index (χ3n) is 18.9. The highest BCUT2D eigenvalue weighted by atomic mass is 28.5. The van der Waals surface area contributed by atoms with Crippen LogP contribution < -0.4 is 14.4 Å². The molecule has 0 aliphatic carbocycles. The van der Waals surface area contributed by atoms with Gasteiger partial charge in [-0.15, -0.1) is 6.58 Å². The second kappa shape index (κ2) is 29.1. The van der Waals surface area contributed by atoms with Crippen LogP contribution in [0.5, 0.6) is 23.0 Å². The molecule has 0 saturated heterocycles. The number of fused-ring (bicyclic) bond motifs is 4. The van der Waals surface area contributed by atoms with Crippen molar-refractivity contribution in [1.82, 2.24) is 14.7 Å². The Balaban J connectivity index is 0.000000230. The minimum Gasteiger partial charge on any atom is -0.457 e. The molecule has 0 bridgehead atoms. The molecule has 11 rings (SSSR count). The Labute approximate surface area is 616 Å². The van der Waals surface area contributed by atoms with E-state index in [1.165, 1.54) is 24.3 Å². The second-order valence-corrected chi connectivity index (χ2v) is 44.0. The molecule has 1 unspecified atom stereocenters. The van der Waals surface area contributed by atoms with Gasteiger partial charge in [0.05, 0.1) is 50.2 Å². The molecular weight excluding hydrogens is 1510 g/mol. The lowest BCUT2D eigenvalue weighted by Gasteiger charge is -2.41. The number of unbranched alkanes of at least 4 members (excludes halogenated alkanes) is 1. The fraction of sp³-hybridized carbons (Fsp3) is 0.307. The van der Waals surface area contributed by atoms with Gasteiger partial charge in [-0.1, -0.05) is 74.0 Å². The average Bonchev–Trinajstić information content (AvgIpc) is 1.14. The number of halogens is 12. The van der Waals surface area contributed by atoms with Gasteiger partial charge in [-0.2, -0.15) is 52.7 Å². The Morgan fingerprint density at radius 2 is 0.741 bits per heavy atom. The number of ether oxygens (including phenoxy) is 2. The first kappa shape index (κ1) is 80.9. The van der Waals surface area contributed by atoms with E-state index in [1.54, 1.807) is 36.0 Å². The number of anilines is 1. The van der Waals surface area contributed by atoms with Crippen LogP contribution in [-0.4, -0.2) is 141 Å². The molecule has 0 fully saturated rings. The van der Waals surface area contributed by atoms with Gasteiger partial charge in [0.2, 0.25) is 10.8 Å². The molecule has 17 nitrogen and oxygen atoms in total. The molecule has 33 heteroatoms. The molecule has 0 radical (unpaired) electrons. The Kier molecular flexibility index (Phi) is 21.8. The summed E-state index contributed by atoms with van der Waals surface area (Å²) in [4.78, 5) is 107. The van der Waals surface area contributed by atoms with Gasteiger partial charge < -0.3 is 21.8 Å². The van der Waals surface area contributed by atoms with Crippen LogP contribution in [0.25, 0.3) is 0 Å². The van der Waals surface area contributed by atoms with E-state index in [9.17, 15) is 38.4 Å². The maximum Gasteiger partial charge on any atom is 0.411 e. The van der Waals surface area contributed by atoms with Crippen molar-refractivity contribution >= 4 is 86.7 Å². The van der Waals surface area contributed by atoms with E-state index in [2.05, 4.69) is 26.6 Å². The molecule has 7 aromatic rings. The number of benzene rings is 7. The lowest BCUT2D eigenvalue weighted by molar-refractivity contribution is -0.290. The van der Waals surface area contributed by atoms with Crippen LogP contribution in [0.1, 0.15) is 137 Å². The van der Waals surface area contributed by atoms with Crippen molar-refractivity contribution in [2.75, 3.05) is 25.5 Å². The number of carbonyl (C=O) groups is 8. The highest BCUT2D eigenvalue weighted by Crippen LogP contribution is 2.59. The smallest absolute Gasteiger partial charge is 0.411 e. The molecule has 7 aromatic carbocycles. The van der Waals surface area contributed by atoms with Crippen LogP contribution in [0.2, 0.25) is 57.9 Å². The van der Waals surface area contributed by atoms with Crippen molar-refractivity contribution in [2.24, 2.45) is 0 Å². The van der Waals surface area contributed by atoms with Crippen molar-refractivity contribution in [3.05, 3.63) is 230 Å². The molecule has 4 aliphatic heterocycles. The van der Waals surface area contributed by atoms with E-state index in [0.717, 1.165) is 67.7 Å². The Morgan fingerprint density at radius 1 is 0.398 bits per heavy atom. The maximum atomic E-state index is 15.0. The number of nitrogens with zero attached hydrogens (tertiary/aromatic N) is 4. The van der Waals surface area contributed by atoms with Crippen LogP contribution in [0.15, 0.2) is 158 Å². The number of aryl methyl sites for hydroxylation is 1. The first-order valence-electron chi connectivity index (χ1n) is 33.7. The fourth-order valence-electron chi connectivity index (χ4n) is 14.0. The van der Waals surface area contributed by atoms with Crippen LogP contribution in [-0.2, 0) is 23.2 Å². The average molecular weight is 1580 g/mol. The van der Waals surface area contributed by atoms with Gasteiger partial charge in [-0.05, 0) is 184 Å². The summed E-state index contributed by atoms with van der Waals surface area (Å²) in [5.74, 6) is -6.44. The Bertz CT molecular complexity index is 4820. The number of imide groups is 4. The largest absolute Gasteiger partial charge is 0.457 e. The summed E-state index contributed by atoms with van der Waals surface area (Å²) in [5.41, 5.74) is -16.4. The van der Waals surface area contributed by atoms with Crippen LogP contribution >= 0.6 is 0 Å². The summed E-state index contributed by atoms with van der Waals surface area (Å²) in [6.45, 7) is 21.9. The monoisotopic (exact) mass is 1580 g/mol. The van der Waals surface area contributed by atoms with E-state index in [0.29, 0.717) is 86.5 Å². The van der Waals surface area contributed by atoms with Gasteiger partial charge in [-0.3, -0.25) is 53.1 Å². The molecule has 108 heavy (non-hydrogen) atoms. The summed E-state index contributed by atoms with van der Waals surface area (Å²) in [6, 6.07) is 27.6. The van der Waals surface area contributed by atoms with Gasteiger partial charge in [0.1, 0.15) is 23.0 Å². The van der Waals surface area contributed by atoms with E-state index < -0.39 is 167 Å². The number of rotatable bonds is 23. The first-order valence-corrected chi connectivity index (χ1v) is 45.1. The quantitative estimate of drug-likeness (QED) is 0.0334. The van der Waals surface area contributed by atoms with Gasteiger partial charge in [-0.25, -0.2) is 4.90 Å². The third-order valence-corrected chi connectivity index (χ3v) is 34.4. The molecule has 4 aliphatic rings. The van der Waals surface area contributed by atoms with Crippen molar-refractivity contribution in [3.63, 3.8) is 0 Å². The SMILES string of the molecule is C=C[Si](C)(O[Si](C)(C)CCCC)O[Si](C)(C)O[Si](C)(C)CCCN1C(=O)c2ccc(C(c3ccc4c(c3)C(=O)N(C)C4=O)(C(F)(F)F)C(F)(F)F)cc2C1=O.Cc1cccc(Oc2cccc(Oc3cccc(N4C(=O)c5ccc(C(c6ccc7c(c6)C(=O)N(C)C7=O)(C(F)(F)F)C(F)(F)F)cc5C4=O)c3)c2)c1. The maximum absolute atomic E-state index is 15.0. The van der Waals surface area contributed by atoms with Crippen LogP contribution in [0.4, 0.5) is 58.4 Å². The lowest BCUT2D eigenvalue weighted by atomic mass is 9.71. The fourth-order valence-corrected chi connectivity index (χ4v) is 32.4. The molecule has 4 heterocycles. The van der Waals surface area contributed by atoms with Crippen molar-refractivity contribution < 1.29 is 113 Å². The minimum absolute atomic E-state index is 0.0637. The molecular formula is C75H72F12N4O13Si4. The van der Waals surface area contributed by atoms with Gasteiger partial charge in [0.15, 0.2) is 16.6 Å². The topological polar surface area (TPSA) is 196 Å². The highest BCUT2D eigenvalue weighted by Gasteiger charge is 2.74. The highest BCUT2D eigenvalue weighted by molar-refractivity contribution is 6.91. The van der Waals surface area contributed by atoms with Crippen molar-refractivity contribution in [1.29, 1.82) is 0 Å². The number of carbonyl (C=O) groups excluding carboxylic acids is 8. The number of hydrogen-bond donors (Lipinski definition) is 0. The molecule has 0 N–H and O–H groups in total. The normalized spacial score (nSPS) is 15.7. The molecule has 570 valence electrons. The summed E-state index contributed by atoms with van der Waals surface area (Å²) in [5, 5.41) is 0. The second-order valence-electron chi connectivity index (χ2n) is 28.2. The lowest BCUT2D eigenvalue weighted by Crippen LogP contribution is -2.57. The molecule has 0 aromatic heterocycles. The minimum atomic E-state index is -6.08. The van der Waals surface area contributed by atoms with Gasteiger partial charge in [0.25, 0.3) is 47.3 Å². The first-order chi connectivity index (χ1) is 50.1. The summed E-state index contributed by atoms with van der Waals surface area (Å²) < 4.78 is 212. The Hall–Kier alpha value is -9.65. The summed E-state index contributed by atoms with van der Waals surface area (Å²) in [7, 11) is -8.08. The zero-order valence-electron chi connectivity index (χ0n) is 60.0. The van der Waals surface area contributed by atoms with Crippen LogP contribution in [0, 0.1) is 6.92 Å². The molecule has 0 spiro atoms. The van der Waals surface area contributed by atoms with Crippen molar-refractivity contribution in [3.8, 4) is 23.0 Å². The zero-order valence-corrected chi connectivity index (χ0v) is 64.0. The van der Waals surface area contributed by atoms with Crippen molar-refractivity contribution in [2.45, 2.75) is 127 Å². The van der Waals surface area contributed by atoms with E-state index >= 15 is 52.7 Å².